The summed E-state index contributed by atoms with van der Waals surface area (Å²) in [5.74, 6) is 0.757. The van der Waals surface area contributed by atoms with Crippen LogP contribution in [0.2, 0.25) is 0 Å². The monoisotopic (exact) mass is 142 g/mol. The van der Waals surface area contributed by atoms with E-state index in [0.717, 1.165) is 5.92 Å². The Morgan fingerprint density at radius 3 is 2.30 bits per heavy atom. The average Bonchev–Trinajstić information content (AvgIpc) is 2.13. The van der Waals surface area contributed by atoms with Gasteiger partial charge < -0.3 is 0 Å². The van der Waals surface area contributed by atoms with E-state index in [2.05, 4.69) is 38.3 Å². The summed E-state index contributed by atoms with van der Waals surface area (Å²) in [6, 6.07) is 1.40. The lowest BCUT2D eigenvalue weighted by Crippen LogP contribution is -2.36. The molecular formula is C8H18N2. The zero-order valence-electron chi connectivity index (χ0n) is 7.39. The van der Waals surface area contributed by atoms with Gasteiger partial charge in [-0.05, 0) is 19.3 Å². The minimum atomic E-state index is 0.694. The SMILES string of the molecule is CC(C)C1CC(C)N(C)N1. The van der Waals surface area contributed by atoms with E-state index in [1.807, 2.05) is 0 Å². The highest BCUT2D eigenvalue weighted by Gasteiger charge is 2.27. The summed E-state index contributed by atoms with van der Waals surface area (Å²) in [6.07, 6.45) is 1.29. The van der Waals surface area contributed by atoms with Crippen molar-refractivity contribution in [1.29, 1.82) is 0 Å². The highest BCUT2D eigenvalue weighted by atomic mass is 15.5. The van der Waals surface area contributed by atoms with Crippen LogP contribution in [0, 0.1) is 5.92 Å². The standard InChI is InChI=1S/C8H18N2/c1-6(2)8-5-7(3)10(4)9-8/h6-9H,5H2,1-4H3. The Morgan fingerprint density at radius 2 is 2.10 bits per heavy atom. The Morgan fingerprint density at radius 1 is 1.50 bits per heavy atom. The van der Waals surface area contributed by atoms with Gasteiger partial charge in [0.15, 0.2) is 0 Å². The van der Waals surface area contributed by atoms with Gasteiger partial charge in [0.1, 0.15) is 0 Å². The second kappa shape index (κ2) is 2.89. The van der Waals surface area contributed by atoms with Crippen LogP contribution in [0.25, 0.3) is 0 Å². The van der Waals surface area contributed by atoms with Crippen LogP contribution in [-0.4, -0.2) is 24.1 Å². The Hall–Kier alpha value is -0.0800. The lowest BCUT2D eigenvalue weighted by atomic mass is 10.0. The Labute approximate surface area is 63.6 Å². The fraction of sp³-hybridized carbons (Fsp3) is 1.00. The largest absolute Gasteiger partial charge is 0.252 e. The second-order valence-electron chi connectivity index (χ2n) is 3.68. The van der Waals surface area contributed by atoms with E-state index >= 15 is 0 Å². The lowest BCUT2D eigenvalue weighted by molar-refractivity contribution is 0.228. The summed E-state index contributed by atoms with van der Waals surface area (Å²) in [6.45, 7) is 6.79. The predicted molar refractivity (Wildman–Crippen MR) is 43.6 cm³/mol. The molecular weight excluding hydrogens is 124 g/mol. The first-order valence-electron chi connectivity index (χ1n) is 4.10. The van der Waals surface area contributed by atoms with Gasteiger partial charge in [0, 0.05) is 19.1 Å². The van der Waals surface area contributed by atoms with E-state index in [-0.39, 0.29) is 0 Å². The topological polar surface area (TPSA) is 15.3 Å². The first-order chi connectivity index (χ1) is 4.61. The Kier molecular flexibility index (Phi) is 2.32. The zero-order valence-corrected chi connectivity index (χ0v) is 7.39. The summed E-state index contributed by atoms with van der Waals surface area (Å²) in [5.41, 5.74) is 3.44. The molecule has 1 fully saturated rings. The van der Waals surface area contributed by atoms with Gasteiger partial charge in [-0.3, -0.25) is 5.43 Å². The molecule has 2 heteroatoms. The van der Waals surface area contributed by atoms with Crippen molar-refractivity contribution >= 4 is 0 Å². The van der Waals surface area contributed by atoms with Crippen molar-refractivity contribution in [2.24, 2.45) is 5.92 Å². The van der Waals surface area contributed by atoms with Gasteiger partial charge in [0.25, 0.3) is 0 Å². The molecule has 0 aromatic carbocycles. The predicted octanol–water partition coefficient (Wildman–Crippen LogP) is 1.24. The van der Waals surface area contributed by atoms with Crippen LogP contribution < -0.4 is 5.43 Å². The quantitative estimate of drug-likeness (QED) is 0.592. The molecule has 0 aromatic rings. The van der Waals surface area contributed by atoms with Crippen LogP contribution in [0.3, 0.4) is 0 Å². The summed E-state index contributed by atoms with van der Waals surface area (Å²) in [5, 5.41) is 2.21. The highest BCUT2D eigenvalue weighted by molar-refractivity contribution is 4.81. The first kappa shape index (κ1) is 8.02. The molecule has 1 rings (SSSR count). The van der Waals surface area contributed by atoms with Gasteiger partial charge in [-0.1, -0.05) is 13.8 Å². The number of hydrazine groups is 1. The van der Waals surface area contributed by atoms with E-state index in [4.69, 9.17) is 0 Å². The Bertz CT molecular complexity index is 102. The second-order valence-corrected chi connectivity index (χ2v) is 3.68. The number of rotatable bonds is 1. The molecule has 2 unspecified atom stereocenters. The average molecular weight is 142 g/mol. The van der Waals surface area contributed by atoms with E-state index in [0.29, 0.717) is 12.1 Å². The summed E-state index contributed by atoms with van der Waals surface area (Å²) in [4.78, 5) is 0. The van der Waals surface area contributed by atoms with Gasteiger partial charge in [-0.2, -0.15) is 0 Å². The summed E-state index contributed by atoms with van der Waals surface area (Å²) < 4.78 is 0. The molecule has 0 aliphatic carbocycles. The minimum absolute atomic E-state index is 0.694. The maximum absolute atomic E-state index is 3.44. The van der Waals surface area contributed by atoms with Crippen molar-refractivity contribution in [3.8, 4) is 0 Å². The third-order valence-electron chi connectivity index (χ3n) is 2.43. The smallest absolute Gasteiger partial charge is 0.0253 e. The molecule has 0 bridgehead atoms. The van der Waals surface area contributed by atoms with Crippen LogP contribution >= 0.6 is 0 Å². The maximum atomic E-state index is 3.44. The van der Waals surface area contributed by atoms with E-state index in [9.17, 15) is 0 Å². The first-order valence-corrected chi connectivity index (χ1v) is 4.10. The molecule has 10 heavy (non-hydrogen) atoms. The van der Waals surface area contributed by atoms with Crippen molar-refractivity contribution < 1.29 is 0 Å². The van der Waals surface area contributed by atoms with Crippen molar-refractivity contribution in [2.45, 2.75) is 39.3 Å². The maximum Gasteiger partial charge on any atom is 0.0253 e. The number of hydrogen-bond donors (Lipinski definition) is 1. The van der Waals surface area contributed by atoms with Gasteiger partial charge in [-0.15, -0.1) is 0 Å². The van der Waals surface area contributed by atoms with Gasteiger partial charge in [-0.25, -0.2) is 5.01 Å². The number of nitrogens with zero attached hydrogens (tertiary/aromatic N) is 1. The van der Waals surface area contributed by atoms with E-state index in [1.54, 1.807) is 0 Å². The van der Waals surface area contributed by atoms with Gasteiger partial charge in [0.2, 0.25) is 0 Å². The van der Waals surface area contributed by atoms with Crippen molar-refractivity contribution in [1.82, 2.24) is 10.4 Å². The molecule has 1 N–H and O–H groups in total. The van der Waals surface area contributed by atoms with Crippen LogP contribution in [-0.2, 0) is 0 Å². The van der Waals surface area contributed by atoms with Crippen LogP contribution in [0.5, 0.6) is 0 Å². The third kappa shape index (κ3) is 1.50. The van der Waals surface area contributed by atoms with Crippen LogP contribution in [0.15, 0.2) is 0 Å². The fourth-order valence-corrected chi connectivity index (χ4v) is 1.39. The summed E-state index contributed by atoms with van der Waals surface area (Å²) in [7, 11) is 2.12. The molecule has 1 aliphatic heterocycles. The molecule has 60 valence electrons. The van der Waals surface area contributed by atoms with Crippen molar-refractivity contribution in [3.05, 3.63) is 0 Å². The molecule has 0 amide bonds. The lowest BCUT2D eigenvalue weighted by Gasteiger charge is -2.16. The van der Waals surface area contributed by atoms with Crippen molar-refractivity contribution in [3.63, 3.8) is 0 Å². The third-order valence-corrected chi connectivity index (χ3v) is 2.43. The highest BCUT2D eigenvalue weighted by Crippen LogP contribution is 2.17. The fourth-order valence-electron chi connectivity index (χ4n) is 1.39. The minimum Gasteiger partial charge on any atom is -0.252 e. The molecule has 0 spiro atoms. The Balaban J connectivity index is 2.41. The molecule has 1 heterocycles. The number of hydrogen-bond acceptors (Lipinski definition) is 2. The van der Waals surface area contributed by atoms with E-state index < -0.39 is 0 Å². The molecule has 1 aliphatic rings. The van der Waals surface area contributed by atoms with Crippen LogP contribution in [0.4, 0.5) is 0 Å². The molecule has 2 atom stereocenters. The molecule has 0 saturated carbocycles. The number of nitrogens with one attached hydrogen (secondary N) is 1. The van der Waals surface area contributed by atoms with E-state index in [1.165, 1.54) is 6.42 Å². The van der Waals surface area contributed by atoms with Gasteiger partial charge >= 0.3 is 0 Å². The molecule has 1 saturated heterocycles. The van der Waals surface area contributed by atoms with Gasteiger partial charge in [0.05, 0.1) is 0 Å². The molecule has 0 radical (unpaired) electrons. The molecule has 0 aromatic heterocycles. The zero-order chi connectivity index (χ0) is 7.72. The normalized spacial score (nSPS) is 35.7. The van der Waals surface area contributed by atoms with Crippen molar-refractivity contribution in [2.75, 3.05) is 7.05 Å². The molecule has 2 nitrogen and oxygen atoms in total. The van der Waals surface area contributed by atoms with Crippen LogP contribution in [0.1, 0.15) is 27.2 Å². The summed E-state index contributed by atoms with van der Waals surface area (Å²) >= 11 is 0.